The summed E-state index contributed by atoms with van der Waals surface area (Å²) in [6, 6.07) is 0.0569. The highest BCUT2D eigenvalue weighted by molar-refractivity contribution is 6.31. The lowest BCUT2D eigenvalue weighted by Crippen LogP contribution is -2.46. The second-order valence-corrected chi connectivity index (χ2v) is 5.81. The molecule has 2 aliphatic heterocycles. The smallest absolute Gasteiger partial charge is 0.278 e. The number of hydrogen-bond donors (Lipinski definition) is 1. The van der Waals surface area contributed by atoms with Gasteiger partial charge < -0.3 is 15.2 Å². The lowest BCUT2D eigenvalue weighted by molar-refractivity contribution is -0.144. The number of nitrogen functional groups attached to an aromatic ring is 1. The Morgan fingerprint density at radius 2 is 2.15 bits per heavy atom. The van der Waals surface area contributed by atoms with Crippen molar-refractivity contribution in [1.82, 2.24) is 9.55 Å². The van der Waals surface area contributed by atoms with Gasteiger partial charge in [0.1, 0.15) is 5.69 Å². The molecule has 1 atom stereocenters. The van der Waals surface area contributed by atoms with Crippen LogP contribution in [0.3, 0.4) is 0 Å². The van der Waals surface area contributed by atoms with Crippen molar-refractivity contribution in [3.05, 3.63) is 21.8 Å². The van der Waals surface area contributed by atoms with Crippen molar-refractivity contribution in [2.24, 2.45) is 0 Å². The van der Waals surface area contributed by atoms with Crippen LogP contribution in [-0.4, -0.2) is 35.0 Å². The molecule has 2 fully saturated rings. The molecule has 0 radical (unpaired) electrons. The molecule has 0 amide bonds. The van der Waals surface area contributed by atoms with E-state index in [4.69, 9.17) is 26.8 Å². The van der Waals surface area contributed by atoms with Crippen molar-refractivity contribution >= 4 is 17.3 Å². The first kappa shape index (κ1) is 13.9. The van der Waals surface area contributed by atoms with Gasteiger partial charge in [0.25, 0.3) is 5.56 Å². The average Bonchev–Trinajstić information content (AvgIpc) is 2.46. The Morgan fingerprint density at radius 1 is 1.40 bits per heavy atom. The Bertz CT molecular complexity index is 549. The van der Waals surface area contributed by atoms with Gasteiger partial charge in [0.15, 0.2) is 5.15 Å². The molecule has 2 N–H and O–H groups in total. The maximum Gasteiger partial charge on any atom is 0.278 e. The van der Waals surface area contributed by atoms with Gasteiger partial charge in [-0.1, -0.05) is 11.6 Å². The molecule has 1 unspecified atom stereocenters. The maximum absolute atomic E-state index is 12.2. The first-order chi connectivity index (χ1) is 9.61. The van der Waals surface area contributed by atoms with Crippen molar-refractivity contribution in [1.29, 1.82) is 0 Å². The van der Waals surface area contributed by atoms with Crippen LogP contribution in [0.4, 0.5) is 5.69 Å². The highest BCUT2D eigenvalue weighted by atomic mass is 35.5. The molecular weight excluding hydrogens is 282 g/mol. The van der Waals surface area contributed by atoms with Gasteiger partial charge in [-0.15, -0.1) is 0 Å². The monoisotopic (exact) mass is 299 g/mol. The second kappa shape index (κ2) is 5.35. The Kier molecular flexibility index (Phi) is 3.70. The lowest BCUT2D eigenvalue weighted by Gasteiger charge is -2.43. The fourth-order valence-corrected chi connectivity index (χ4v) is 3.18. The molecule has 0 bridgehead atoms. The summed E-state index contributed by atoms with van der Waals surface area (Å²) in [6.07, 6.45) is 4.80. The van der Waals surface area contributed by atoms with Crippen LogP contribution in [0.15, 0.2) is 11.1 Å². The molecular formula is C13H18ClN3O3. The predicted octanol–water partition coefficient (Wildman–Crippen LogP) is 1.38. The number of nitrogens with zero attached hydrogens (tertiary/aromatic N) is 2. The molecule has 3 heterocycles. The van der Waals surface area contributed by atoms with Crippen LogP contribution >= 0.6 is 11.6 Å². The van der Waals surface area contributed by atoms with Crippen LogP contribution < -0.4 is 11.3 Å². The van der Waals surface area contributed by atoms with Crippen LogP contribution in [0.1, 0.15) is 31.7 Å². The number of hydrogen-bond acceptors (Lipinski definition) is 5. The highest BCUT2D eigenvalue weighted by Gasteiger charge is 2.39. The Hall–Kier alpha value is -1.11. The zero-order valence-corrected chi connectivity index (χ0v) is 11.9. The minimum absolute atomic E-state index is 0.0154. The minimum atomic E-state index is -0.265. The van der Waals surface area contributed by atoms with Crippen molar-refractivity contribution in [3.8, 4) is 0 Å². The van der Waals surface area contributed by atoms with Crippen molar-refractivity contribution < 1.29 is 9.47 Å². The quantitative estimate of drug-likeness (QED) is 0.793. The summed E-state index contributed by atoms with van der Waals surface area (Å²) in [5.74, 6) is 0. The molecule has 0 aliphatic carbocycles. The van der Waals surface area contributed by atoms with Crippen LogP contribution in [0, 0.1) is 0 Å². The molecule has 2 saturated heterocycles. The minimum Gasteiger partial charge on any atom is -0.392 e. The number of nitrogens with two attached hydrogens (primary N) is 1. The number of halogens is 1. The molecule has 1 aromatic heterocycles. The Labute approximate surface area is 121 Å². The predicted molar refractivity (Wildman–Crippen MR) is 74.9 cm³/mol. The summed E-state index contributed by atoms with van der Waals surface area (Å²) in [4.78, 5) is 16.2. The molecule has 2 aliphatic rings. The van der Waals surface area contributed by atoms with Crippen molar-refractivity contribution in [2.45, 2.75) is 37.3 Å². The van der Waals surface area contributed by atoms with E-state index < -0.39 is 0 Å². The van der Waals surface area contributed by atoms with Gasteiger partial charge >= 0.3 is 0 Å². The van der Waals surface area contributed by atoms with Crippen LogP contribution in [0.5, 0.6) is 0 Å². The van der Waals surface area contributed by atoms with Crippen molar-refractivity contribution in [3.63, 3.8) is 0 Å². The van der Waals surface area contributed by atoms with Gasteiger partial charge in [-0.2, -0.15) is 0 Å². The summed E-state index contributed by atoms with van der Waals surface area (Å²) in [5, 5.41) is 0.0686. The summed E-state index contributed by atoms with van der Waals surface area (Å²) in [5.41, 5.74) is 5.26. The van der Waals surface area contributed by atoms with E-state index in [0.29, 0.717) is 19.8 Å². The zero-order chi connectivity index (χ0) is 14.2. The van der Waals surface area contributed by atoms with Gasteiger partial charge in [0, 0.05) is 25.9 Å². The van der Waals surface area contributed by atoms with E-state index in [1.54, 1.807) is 4.57 Å². The van der Waals surface area contributed by atoms with Gasteiger partial charge in [0.2, 0.25) is 0 Å². The van der Waals surface area contributed by atoms with Gasteiger partial charge in [-0.3, -0.25) is 9.36 Å². The molecule has 20 heavy (non-hydrogen) atoms. The third-order valence-corrected chi connectivity index (χ3v) is 4.55. The van der Waals surface area contributed by atoms with E-state index in [1.165, 1.54) is 6.33 Å². The molecule has 6 nitrogen and oxygen atoms in total. The van der Waals surface area contributed by atoms with Crippen LogP contribution in [-0.2, 0) is 9.47 Å². The van der Waals surface area contributed by atoms with Gasteiger partial charge in [-0.25, -0.2) is 4.98 Å². The van der Waals surface area contributed by atoms with Gasteiger partial charge in [0.05, 0.1) is 11.9 Å². The standard InChI is InChI=1S/C13H18ClN3O3/c14-11-10(15)12(18)17(8-16-11)9-1-4-20-13(7-9)2-5-19-6-3-13/h8-9H,1-7,15H2. The Morgan fingerprint density at radius 3 is 2.90 bits per heavy atom. The first-order valence-electron chi connectivity index (χ1n) is 6.85. The average molecular weight is 300 g/mol. The first-order valence-corrected chi connectivity index (χ1v) is 7.23. The number of anilines is 1. The highest BCUT2D eigenvalue weighted by Crippen LogP contribution is 2.38. The van der Waals surface area contributed by atoms with E-state index in [9.17, 15) is 4.79 Å². The summed E-state index contributed by atoms with van der Waals surface area (Å²) < 4.78 is 13.0. The number of rotatable bonds is 1. The number of aromatic nitrogens is 2. The molecule has 0 saturated carbocycles. The number of ether oxygens (including phenoxy) is 2. The molecule has 1 spiro atoms. The third kappa shape index (κ3) is 2.43. The fraction of sp³-hybridized carbons (Fsp3) is 0.692. The molecule has 1 aromatic rings. The summed E-state index contributed by atoms with van der Waals surface area (Å²) in [6.45, 7) is 2.06. The largest absolute Gasteiger partial charge is 0.392 e. The molecule has 0 aromatic carbocycles. The fourth-order valence-electron chi connectivity index (χ4n) is 3.05. The molecule has 3 rings (SSSR count). The van der Waals surface area contributed by atoms with Crippen molar-refractivity contribution in [2.75, 3.05) is 25.6 Å². The van der Waals surface area contributed by atoms with E-state index >= 15 is 0 Å². The van der Waals surface area contributed by atoms with Crippen LogP contribution in [0.25, 0.3) is 0 Å². The van der Waals surface area contributed by atoms with E-state index in [2.05, 4.69) is 4.98 Å². The SMILES string of the molecule is Nc1c(Cl)ncn(C2CCOC3(CCOCC3)C2)c1=O. The van der Waals surface area contributed by atoms with E-state index in [1.807, 2.05) is 0 Å². The van der Waals surface area contributed by atoms with Gasteiger partial charge in [-0.05, 0) is 25.7 Å². The van der Waals surface area contributed by atoms with Crippen LogP contribution in [0.2, 0.25) is 5.15 Å². The van der Waals surface area contributed by atoms with E-state index in [-0.39, 0.29) is 28.0 Å². The summed E-state index contributed by atoms with van der Waals surface area (Å²) >= 11 is 5.78. The molecule has 110 valence electrons. The zero-order valence-electron chi connectivity index (χ0n) is 11.2. The normalized spacial score (nSPS) is 25.8. The molecule has 7 heteroatoms. The Balaban J connectivity index is 1.87. The third-order valence-electron chi connectivity index (χ3n) is 4.25. The lowest BCUT2D eigenvalue weighted by atomic mass is 9.84. The topological polar surface area (TPSA) is 79.4 Å². The second-order valence-electron chi connectivity index (χ2n) is 5.45. The maximum atomic E-state index is 12.2. The van der Waals surface area contributed by atoms with E-state index in [0.717, 1.165) is 25.7 Å². The summed E-state index contributed by atoms with van der Waals surface area (Å²) in [7, 11) is 0.